The number of carbonyl (C=O) groups is 1. The predicted molar refractivity (Wildman–Crippen MR) is 97.1 cm³/mol. The molecule has 0 saturated carbocycles. The van der Waals surface area contributed by atoms with E-state index in [0.717, 1.165) is 16.3 Å². The third-order valence-electron chi connectivity index (χ3n) is 4.45. The van der Waals surface area contributed by atoms with Crippen LogP contribution in [0.5, 0.6) is 0 Å². The number of nitrogens with zero attached hydrogens (tertiary/aromatic N) is 2. The van der Waals surface area contributed by atoms with Crippen molar-refractivity contribution in [2.75, 3.05) is 13.1 Å². The zero-order valence-electron chi connectivity index (χ0n) is 14.2. The van der Waals surface area contributed by atoms with Crippen LogP contribution in [0, 0.1) is 12.7 Å². The molecule has 26 heavy (non-hydrogen) atoms. The van der Waals surface area contributed by atoms with Gasteiger partial charge in [-0.05, 0) is 36.1 Å². The Hall–Kier alpha value is -2.51. The SMILES string of the molecule is Cc1oc(-c2cccs2)nc1CN1CCNC(=O)C1c1cccc(F)c1. The molecule has 0 aliphatic carbocycles. The van der Waals surface area contributed by atoms with Crippen LogP contribution in [0.4, 0.5) is 4.39 Å². The van der Waals surface area contributed by atoms with E-state index in [9.17, 15) is 9.18 Å². The molecule has 7 heteroatoms. The van der Waals surface area contributed by atoms with Gasteiger partial charge >= 0.3 is 0 Å². The predicted octanol–water partition coefficient (Wildman–Crippen LogP) is 3.52. The summed E-state index contributed by atoms with van der Waals surface area (Å²) in [5, 5.41) is 4.84. The normalized spacial score (nSPS) is 18.1. The molecule has 0 bridgehead atoms. The number of thiophene rings is 1. The van der Waals surface area contributed by atoms with Crippen molar-refractivity contribution < 1.29 is 13.6 Å². The highest BCUT2D eigenvalue weighted by atomic mass is 32.1. The van der Waals surface area contributed by atoms with Gasteiger partial charge in [0.25, 0.3) is 0 Å². The number of amides is 1. The molecule has 1 aromatic carbocycles. The van der Waals surface area contributed by atoms with Crippen LogP contribution >= 0.6 is 11.3 Å². The molecule has 134 valence electrons. The molecule has 1 aliphatic heterocycles. The molecule has 0 radical (unpaired) electrons. The van der Waals surface area contributed by atoms with Crippen molar-refractivity contribution in [2.45, 2.75) is 19.5 Å². The fourth-order valence-electron chi connectivity index (χ4n) is 3.20. The maximum absolute atomic E-state index is 13.7. The van der Waals surface area contributed by atoms with Crippen LogP contribution in [0.1, 0.15) is 23.1 Å². The molecule has 5 nitrogen and oxygen atoms in total. The monoisotopic (exact) mass is 371 g/mol. The van der Waals surface area contributed by atoms with Gasteiger partial charge in [-0.1, -0.05) is 18.2 Å². The minimum atomic E-state index is -0.541. The first-order valence-electron chi connectivity index (χ1n) is 8.39. The molecular formula is C19H18FN3O2S. The van der Waals surface area contributed by atoms with Crippen LogP contribution in [0.2, 0.25) is 0 Å². The van der Waals surface area contributed by atoms with E-state index in [4.69, 9.17) is 4.42 Å². The number of carbonyl (C=O) groups excluding carboxylic acids is 1. The highest BCUT2D eigenvalue weighted by Gasteiger charge is 2.32. The number of aryl methyl sites for hydroxylation is 1. The van der Waals surface area contributed by atoms with Crippen LogP contribution in [0.15, 0.2) is 46.2 Å². The van der Waals surface area contributed by atoms with Crippen LogP contribution in [0.3, 0.4) is 0 Å². The number of oxazole rings is 1. The summed E-state index contributed by atoms with van der Waals surface area (Å²) < 4.78 is 19.5. The molecule has 1 unspecified atom stereocenters. The lowest BCUT2D eigenvalue weighted by Gasteiger charge is -2.34. The number of nitrogens with one attached hydrogen (secondary N) is 1. The Bertz CT molecular complexity index is 923. The zero-order valence-corrected chi connectivity index (χ0v) is 15.1. The molecule has 1 saturated heterocycles. The topological polar surface area (TPSA) is 58.4 Å². The molecule has 4 rings (SSSR count). The van der Waals surface area contributed by atoms with E-state index < -0.39 is 6.04 Å². The summed E-state index contributed by atoms with van der Waals surface area (Å²) in [6.07, 6.45) is 0. The third-order valence-corrected chi connectivity index (χ3v) is 5.31. The van der Waals surface area contributed by atoms with E-state index >= 15 is 0 Å². The number of hydrogen-bond acceptors (Lipinski definition) is 5. The van der Waals surface area contributed by atoms with Crippen molar-refractivity contribution in [1.29, 1.82) is 0 Å². The second-order valence-corrected chi connectivity index (χ2v) is 7.17. The standard InChI is InChI=1S/C19H18FN3O2S/c1-12-15(22-19(25-12)16-6-3-9-26-16)11-23-8-7-21-18(24)17(23)13-4-2-5-14(20)10-13/h2-6,9-10,17H,7-8,11H2,1H3,(H,21,24). The first-order chi connectivity index (χ1) is 12.6. The lowest BCUT2D eigenvalue weighted by atomic mass is 10.0. The minimum absolute atomic E-state index is 0.124. The Kier molecular flexibility index (Phi) is 4.57. The Morgan fingerprint density at radius 3 is 3.04 bits per heavy atom. The summed E-state index contributed by atoms with van der Waals surface area (Å²) in [6.45, 7) is 3.56. The molecule has 3 aromatic rings. The summed E-state index contributed by atoms with van der Waals surface area (Å²) in [7, 11) is 0. The average Bonchev–Trinajstić information content (AvgIpc) is 3.25. The van der Waals surface area contributed by atoms with E-state index in [2.05, 4.69) is 10.3 Å². The fourth-order valence-corrected chi connectivity index (χ4v) is 3.85. The molecule has 1 N–H and O–H groups in total. The summed E-state index contributed by atoms with van der Waals surface area (Å²) in [5.74, 6) is 0.855. The summed E-state index contributed by atoms with van der Waals surface area (Å²) >= 11 is 1.57. The number of piperazine rings is 1. The average molecular weight is 371 g/mol. The summed E-state index contributed by atoms with van der Waals surface area (Å²) in [6, 6.07) is 9.57. The third kappa shape index (κ3) is 3.27. The van der Waals surface area contributed by atoms with Crippen molar-refractivity contribution in [2.24, 2.45) is 0 Å². The van der Waals surface area contributed by atoms with Gasteiger partial charge in [-0.25, -0.2) is 9.37 Å². The van der Waals surface area contributed by atoms with Gasteiger partial charge in [-0.2, -0.15) is 0 Å². The molecule has 3 heterocycles. The Balaban J connectivity index is 1.62. The second-order valence-electron chi connectivity index (χ2n) is 6.22. The molecule has 2 aromatic heterocycles. The van der Waals surface area contributed by atoms with Crippen molar-refractivity contribution >= 4 is 17.2 Å². The van der Waals surface area contributed by atoms with Crippen LogP contribution < -0.4 is 5.32 Å². The van der Waals surface area contributed by atoms with Gasteiger partial charge in [0.05, 0.1) is 10.6 Å². The van der Waals surface area contributed by atoms with Gasteiger partial charge in [0.2, 0.25) is 11.8 Å². The Labute approximate surface area is 154 Å². The first kappa shape index (κ1) is 16.9. The van der Waals surface area contributed by atoms with E-state index in [1.54, 1.807) is 23.5 Å². The summed E-state index contributed by atoms with van der Waals surface area (Å²) in [5.41, 5.74) is 1.44. The first-order valence-corrected chi connectivity index (χ1v) is 9.27. The van der Waals surface area contributed by atoms with Gasteiger partial charge in [0.15, 0.2) is 0 Å². The number of benzene rings is 1. The minimum Gasteiger partial charge on any atom is -0.440 e. The van der Waals surface area contributed by atoms with Gasteiger partial charge in [-0.3, -0.25) is 9.69 Å². The zero-order chi connectivity index (χ0) is 18.1. The van der Waals surface area contributed by atoms with Crippen LogP contribution in [-0.4, -0.2) is 28.9 Å². The highest BCUT2D eigenvalue weighted by molar-refractivity contribution is 7.13. The van der Waals surface area contributed by atoms with Crippen LogP contribution in [-0.2, 0) is 11.3 Å². The Morgan fingerprint density at radius 1 is 1.38 bits per heavy atom. The van der Waals surface area contributed by atoms with Gasteiger partial charge in [0.1, 0.15) is 17.6 Å². The molecular weight excluding hydrogens is 353 g/mol. The van der Waals surface area contributed by atoms with E-state index in [-0.39, 0.29) is 11.7 Å². The molecule has 1 aliphatic rings. The second kappa shape index (κ2) is 7.01. The van der Waals surface area contributed by atoms with Crippen molar-refractivity contribution in [3.8, 4) is 10.8 Å². The number of halogens is 1. The van der Waals surface area contributed by atoms with Crippen LogP contribution in [0.25, 0.3) is 10.8 Å². The summed E-state index contributed by atoms with van der Waals surface area (Å²) in [4.78, 5) is 20.1. The van der Waals surface area contributed by atoms with Gasteiger partial charge < -0.3 is 9.73 Å². The van der Waals surface area contributed by atoms with E-state index in [1.807, 2.05) is 29.3 Å². The Morgan fingerprint density at radius 2 is 2.27 bits per heavy atom. The molecule has 1 atom stereocenters. The quantitative estimate of drug-likeness (QED) is 0.762. The highest BCUT2D eigenvalue weighted by Crippen LogP contribution is 2.29. The number of hydrogen-bond donors (Lipinski definition) is 1. The van der Waals surface area contributed by atoms with Crippen molar-refractivity contribution in [3.63, 3.8) is 0 Å². The maximum Gasteiger partial charge on any atom is 0.242 e. The smallest absolute Gasteiger partial charge is 0.242 e. The van der Waals surface area contributed by atoms with E-state index in [0.29, 0.717) is 31.1 Å². The van der Waals surface area contributed by atoms with E-state index in [1.165, 1.54) is 12.1 Å². The lowest BCUT2D eigenvalue weighted by molar-refractivity contribution is -0.129. The fraction of sp³-hybridized carbons (Fsp3) is 0.263. The van der Waals surface area contributed by atoms with Gasteiger partial charge in [0, 0.05) is 19.6 Å². The lowest BCUT2D eigenvalue weighted by Crippen LogP contribution is -2.49. The van der Waals surface area contributed by atoms with Crippen molar-refractivity contribution in [3.05, 3.63) is 64.6 Å². The molecule has 1 fully saturated rings. The largest absolute Gasteiger partial charge is 0.440 e. The maximum atomic E-state index is 13.7. The molecule has 0 spiro atoms. The van der Waals surface area contributed by atoms with Gasteiger partial charge in [-0.15, -0.1) is 11.3 Å². The number of aromatic nitrogens is 1. The molecule has 1 amide bonds. The van der Waals surface area contributed by atoms with Crippen molar-refractivity contribution in [1.82, 2.24) is 15.2 Å². The number of rotatable bonds is 4.